The molecule has 0 aliphatic carbocycles. The Morgan fingerprint density at radius 1 is 1.10 bits per heavy atom. The summed E-state index contributed by atoms with van der Waals surface area (Å²) in [5.74, 6) is -0.713. The van der Waals surface area contributed by atoms with Crippen molar-refractivity contribution < 1.29 is 18.7 Å². The lowest BCUT2D eigenvalue weighted by Gasteiger charge is -2.23. The van der Waals surface area contributed by atoms with Crippen LogP contribution < -0.4 is 10.5 Å². The van der Waals surface area contributed by atoms with Gasteiger partial charge >= 0.3 is 0 Å². The number of nitrogens with one attached hydrogen (secondary N) is 1. The van der Waals surface area contributed by atoms with Crippen molar-refractivity contribution in [3.63, 3.8) is 0 Å². The van der Waals surface area contributed by atoms with Gasteiger partial charge in [-0.15, -0.1) is 0 Å². The van der Waals surface area contributed by atoms with Crippen molar-refractivity contribution in [1.82, 2.24) is 4.42 Å². The van der Waals surface area contributed by atoms with Gasteiger partial charge < -0.3 is 15.2 Å². The lowest BCUT2D eigenvalue weighted by molar-refractivity contribution is -0.138. The molecular formula is C23H21ClFN3O3. The highest BCUT2D eigenvalue weighted by atomic mass is 35.5. The number of halogens is 2. The maximum atomic E-state index is 14.8. The summed E-state index contributed by atoms with van der Waals surface area (Å²) in [6, 6.07) is 19.8. The average molecular weight is 442 g/mol. The molecule has 1 amide bonds. The fourth-order valence-corrected chi connectivity index (χ4v) is 3.20. The second-order valence-electron chi connectivity index (χ2n) is 6.65. The Bertz CT molecular complexity index is 1060. The van der Waals surface area contributed by atoms with Gasteiger partial charge in [0, 0.05) is 24.4 Å². The van der Waals surface area contributed by atoms with E-state index in [0.29, 0.717) is 16.9 Å². The van der Waals surface area contributed by atoms with Crippen molar-refractivity contribution in [2.45, 2.75) is 12.6 Å². The van der Waals surface area contributed by atoms with Crippen LogP contribution in [-0.2, 0) is 16.1 Å². The third kappa shape index (κ3) is 5.39. The largest absolute Gasteiger partial charge is 0.457 e. The third-order valence-electron chi connectivity index (χ3n) is 4.53. The number of ether oxygens (including phenoxy) is 2. The summed E-state index contributed by atoms with van der Waals surface area (Å²) in [6.07, 6.45) is -1.31. The molecule has 0 saturated carbocycles. The van der Waals surface area contributed by atoms with E-state index in [1.807, 2.05) is 6.07 Å². The van der Waals surface area contributed by atoms with E-state index in [9.17, 15) is 9.18 Å². The average Bonchev–Trinajstić information content (AvgIpc) is 2.77. The molecule has 0 spiro atoms. The first-order valence-corrected chi connectivity index (χ1v) is 9.69. The topological polar surface area (TPSA) is 88.6 Å². The number of hydrogen-bond acceptors (Lipinski definition) is 4. The van der Waals surface area contributed by atoms with Crippen LogP contribution in [0.1, 0.15) is 22.8 Å². The van der Waals surface area contributed by atoms with Gasteiger partial charge in [-0.1, -0.05) is 48.5 Å². The molecule has 0 aromatic heterocycles. The molecule has 3 rings (SSSR count). The van der Waals surface area contributed by atoms with Gasteiger partial charge in [0.05, 0.1) is 12.1 Å². The number of methoxy groups -OCH3 is 1. The van der Waals surface area contributed by atoms with Gasteiger partial charge in [-0.3, -0.25) is 10.2 Å². The van der Waals surface area contributed by atoms with Crippen molar-refractivity contribution >= 4 is 23.5 Å². The Hall–Kier alpha value is -3.42. The number of hydrogen-bond donors (Lipinski definition) is 2. The summed E-state index contributed by atoms with van der Waals surface area (Å²) < 4.78 is 26.8. The summed E-state index contributed by atoms with van der Waals surface area (Å²) in [5, 5.41) is 7.44. The summed E-state index contributed by atoms with van der Waals surface area (Å²) in [4.78, 5) is 13.0. The minimum atomic E-state index is -1.31. The third-order valence-corrected chi connectivity index (χ3v) is 4.82. The zero-order chi connectivity index (χ0) is 22.4. The molecule has 3 aromatic carbocycles. The van der Waals surface area contributed by atoms with Gasteiger partial charge in [0.25, 0.3) is 5.91 Å². The molecule has 0 fully saturated rings. The van der Waals surface area contributed by atoms with Crippen LogP contribution in [-0.4, -0.2) is 23.3 Å². The van der Waals surface area contributed by atoms with E-state index >= 15 is 0 Å². The molecule has 0 heterocycles. The van der Waals surface area contributed by atoms with E-state index in [4.69, 9.17) is 32.4 Å². The van der Waals surface area contributed by atoms with Crippen LogP contribution in [0.2, 0.25) is 0 Å². The highest BCUT2D eigenvalue weighted by Gasteiger charge is 2.31. The lowest BCUT2D eigenvalue weighted by atomic mass is 10.1. The lowest BCUT2D eigenvalue weighted by Crippen LogP contribution is -2.29. The molecule has 6 nitrogen and oxygen atoms in total. The SMILES string of the molecule is COC(C(=O)N(Cl)Cc1ccc(C(=N)N)cc1)c1c(F)cccc1Oc1ccccc1. The van der Waals surface area contributed by atoms with Crippen molar-refractivity contribution in [3.8, 4) is 11.5 Å². The van der Waals surface area contributed by atoms with Crippen LogP contribution in [0.15, 0.2) is 72.8 Å². The van der Waals surface area contributed by atoms with Crippen LogP contribution in [0.5, 0.6) is 11.5 Å². The number of amidine groups is 1. The molecule has 1 atom stereocenters. The zero-order valence-corrected chi connectivity index (χ0v) is 17.5. The Kier molecular flexibility index (Phi) is 7.23. The fourth-order valence-electron chi connectivity index (χ4n) is 2.97. The minimum absolute atomic E-state index is 0.0434. The molecule has 3 N–H and O–H groups in total. The van der Waals surface area contributed by atoms with Gasteiger partial charge in [0.15, 0.2) is 6.10 Å². The highest BCUT2D eigenvalue weighted by molar-refractivity contribution is 6.21. The van der Waals surface area contributed by atoms with Crippen LogP contribution in [0.25, 0.3) is 0 Å². The standard InChI is InChI=1S/C23H21ClFN3O3/c1-30-21(23(29)28(24)14-15-10-12-16(13-11-15)22(26)27)20-18(25)8-5-9-19(20)31-17-6-3-2-4-7-17/h2-13,21H,14H2,1H3,(H3,26,27). The monoisotopic (exact) mass is 441 g/mol. The second kappa shape index (κ2) is 10.1. The van der Waals surface area contributed by atoms with Crippen LogP contribution >= 0.6 is 11.8 Å². The van der Waals surface area contributed by atoms with Gasteiger partial charge in [-0.05, 0) is 29.8 Å². The zero-order valence-electron chi connectivity index (χ0n) is 16.7. The minimum Gasteiger partial charge on any atom is -0.457 e. The van der Waals surface area contributed by atoms with E-state index in [1.165, 1.54) is 19.2 Å². The van der Waals surface area contributed by atoms with Gasteiger partial charge in [0.2, 0.25) is 0 Å². The molecule has 0 radical (unpaired) electrons. The normalized spacial score (nSPS) is 11.6. The summed E-state index contributed by atoms with van der Waals surface area (Å²) in [6.45, 7) is 0.0434. The van der Waals surface area contributed by atoms with E-state index in [-0.39, 0.29) is 23.7 Å². The van der Waals surface area contributed by atoms with Crippen molar-refractivity contribution in [1.29, 1.82) is 5.41 Å². The Morgan fingerprint density at radius 2 is 1.77 bits per heavy atom. The summed E-state index contributed by atoms with van der Waals surface area (Å²) >= 11 is 6.23. The van der Waals surface area contributed by atoms with E-state index in [0.717, 1.165) is 4.42 Å². The van der Waals surface area contributed by atoms with Gasteiger partial charge in [-0.25, -0.2) is 8.81 Å². The highest BCUT2D eigenvalue weighted by Crippen LogP contribution is 2.35. The Labute approximate surface area is 184 Å². The molecule has 3 aromatic rings. The predicted octanol–water partition coefficient (Wildman–Crippen LogP) is 4.77. The molecule has 8 heteroatoms. The first-order valence-electron chi connectivity index (χ1n) is 9.35. The number of amides is 1. The van der Waals surface area contributed by atoms with Crippen LogP contribution in [0.4, 0.5) is 4.39 Å². The first-order chi connectivity index (χ1) is 14.9. The molecule has 31 heavy (non-hydrogen) atoms. The summed E-state index contributed by atoms with van der Waals surface area (Å²) in [7, 11) is 1.30. The Morgan fingerprint density at radius 3 is 2.39 bits per heavy atom. The predicted molar refractivity (Wildman–Crippen MR) is 117 cm³/mol. The maximum Gasteiger partial charge on any atom is 0.271 e. The molecule has 1 unspecified atom stereocenters. The molecule has 0 bridgehead atoms. The fraction of sp³-hybridized carbons (Fsp3) is 0.130. The van der Waals surface area contributed by atoms with Crippen molar-refractivity contribution in [3.05, 3.63) is 95.3 Å². The number of nitrogens with two attached hydrogens (primary N) is 1. The van der Waals surface area contributed by atoms with E-state index < -0.39 is 17.8 Å². The molecular weight excluding hydrogens is 421 g/mol. The molecule has 0 aliphatic rings. The van der Waals surface area contributed by atoms with E-state index in [1.54, 1.807) is 54.6 Å². The number of nitrogens with zero attached hydrogens (tertiary/aromatic N) is 1. The molecule has 0 aliphatic heterocycles. The number of carbonyl (C=O) groups excluding carboxylic acids is 1. The molecule has 160 valence electrons. The Balaban J connectivity index is 1.83. The quantitative estimate of drug-likeness (QED) is 0.299. The van der Waals surface area contributed by atoms with Gasteiger partial charge in [-0.2, -0.15) is 0 Å². The summed E-state index contributed by atoms with van der Waals surface area (Å²) in [5.41, 5.74) is 6.66. The number of carbonyl (C=O) groups is 1. The van der Waals surface area contributed by atoms with Crippen molar-refractivity contribution in [2.24, 2.45) is 5.73 Å². The number of para-hydroxylation sites is 1. The second-order valence-corrected chi connectivity index (χ2v) is 7.06. The van der Waals surface area contributed by atoms with Gasteiger partial charge in [0.1, 0.15) is 23.2 Å². The van der Waals surface area contributed by atoms with Crippen LogP contribution in [0, 0.1) is 11.2 Å². The number of benzene rings is 3. The number of rotatable bonds is 8. The molecule has 0 saturated heterocycles. The smallest absolute Gasteiger partial charge is 0.271 e. The maximum absolute atomic E-state index is 14.8. The van der Waals surface area contributed by atoms with E-state index in [2.05, 4.69) is 0 Å². The van der Waals surface area contributed by atoms with Crippen LogP contribution in [0.3, 0.4) is 0 Å². The van der Waals surface area contributed by atoms with Crippen molar-refractivity contribution in [2.75, 3.05) is 7.11 Å². The first kappa shape index (κ1) is 22.3. The number of nitrogen functional groups attached to an aromatic ring is 1.